The molecule has 1 atom stereocenters. The van der Waals surface area contributed by atoms with Gasteiger partial charge in [-0.25, -0.2) is 4.39 Å². The minimum Gasteiger partial charge on any atom is -0.490 e. The maximum atomic E-state index is 13.1. The fraction of sp³-hybridized carbons (Fsp3) is 0.143. The van der Waals surface area contributed by atoms with Gasteiger partial charge in [-0.3, -0.25) is 0 Å². The summed E-state index contributed by atoms with van der Waals surface area (Å²) in [6.45, 7) is -0.0382. The lowest BCUT2D eigenvalue weighted by molar-refractivity contribution is 0.108. The molecule has 5 heteroatoms. The van der Waals surface area contributed by atoms with Gasteiger partial charge in [0.05, 0.1) is 0 Å². The Hall–Kier alpha value is -1.29. The summed E-state index contributed by atoms with van der Waals surface area (Å²) in [7, 11) is 0. The molecular weight excluding hydrogens is 290 g/mol. The molecule has 0 amide bonds. The summed E-state index contributed by atoms with van der Waals surface area (Å²) in [6, 6.07) is 10.6. The van der Waals surface area contributed by atoms with Crippen LogP contribution in [0, 0.1) is 5.82 Å². The first kappa shape index (κ1) is 14.1. The SMILES string of the molecule is OC(COc1cccc(Cl)c1)c1cc(F)ccc1Cl. The molecule has 100 valence electrons. The second-order valence-electron chi connectivity index (χ2n) is 3.95. The molecule has 1 N–H and O–H groups in total. The van der Waals surface area contributed by atoms with Crippen molar-refractivity contribution in [1.82, 2.24) is 0 Å². The van der Waals surface area contributed by atoms with E-state index >= 15 is 0 Å². The van der Waals surface area contributed by atoms with Crippen molar-refractivity contribution in [1.29, 1.82) is 0 Å². The van der Waals surface area contributed by atoms with Crippen LogP contribution in [0.3, 0.4) is 0 Å². The summed E-state index contributed by atoms with van der Waals surface area (Å²) in [5, 5.41) is 10.8. The zero-order chi connectivity index (χ0) is 13.8. The van der Waals surface area contributed by atoms with E-state index in [1.807, 2.05) is 0 Å². The highest BCUT2D eigenvalue weighted by Gasteiger charge is 2.13. The molecule has 0 bridgehead atoms. The molecule has 0 spiro atoms. The van der Waals surface area contributed by atoms with Crippen LogP contribution < -0.4 is 4.74 Å². The summed E-state index contributed by atoms with van der Waals surface area (Å²) in [5.74, 6) is 0.0697. The average Bonchev–Trinajstić information content (AvgIpc) is 2.39. The molecule has 0 aliphatic carbocycles. The van der Waals surface area contributed by atoms with Crippen molar-refractivity contribution in [3.05, 3.63) is 63.9 Å². The van der Waals surface area contributed by atoms with Gasteiger partial charge in [0.1, 0.15) is 24.3 Å². The molecule has 2 aromatic carbocycles. The standard InChI is InChI=1S/C14H11Cl2FO2/c15-9-2-1-3-11(6-9)19-8-14(18)12-7-10(17)4-5-13(12)16/h1-7,14,18H,8H2. The van der Waals surface area contributed by atoms with E-state index in [2.05, 4.69) is 0 Å². The topological polar surface area (TPSA) is 29.5 Å². The summed E-state index contributed by atoms with van der Waals surface area (Å²) < 4.78 is 18.5. The van der Waals surface area contributed by atoms with Crippen molar-refractivity contribution in [3.63, 3.8) is 0 Å². The Balaban J connectivity index is 2.05. The second kappa shape index (κ2) is 6.24. The van der Waals surface area contributed by atoms with E-state index in [4.69, 9.17) is 27.9 Å². The van der Waals surface area contributed by atoms with Crippen LogP contribution in [-0.2, 0) is 0 Å². The minimum absolute atomic E-state index is 0.0382. The monoisotopic (exact) mass is 300 g/mol. The molecule has 0 aromatic heterocycles. The third-order valence-corrected chi connectivity index (χ3v) is 3.10. The quantitative estimate of drug-likeness (QED) is 0.915. The Kier molecular flexibility index (Phi) is 4.64. The highest BCUT2D eigenvalue weighted by atomic mass is 35.5. The fourth-order valence-corrected chi connectivity index (χ4v) is 2.02. The second-order valence-corrected chi connectivity index (χ2v) is 4.79. The van der Waals surface area contributed by atoms with Crippen LogP contribution in [0.15, 0.2) is 42.5 Å². The maximum Gasteiger partial charge on any atom is 0.123 e. The third-order valence-electron chi connectivity index (χ3n) is 2.52. The minimum atomic E-state index is -1.01. The highest BCUT2D eigenvalue weighted by Crippen LogP contribution is 2.25. The number of ether oxygens (including phenoxy) is 1. The van der Waals surface area contributed by atoms with E-state index in [-0.39, 0.29) is 6.61 Å². The van der Waals surface area contributed by atoms with Crippen LogP contribution in [-0.4, -0.2) is 11.7 Å². The van der Waals surface area contributed by atoms with Gasteiger partial charge in [-0.2, -0.15) is 0 Å². The molecular formula is C14H11Cl2FO2. The van der Waals surface area contributed by atoms with Crippen molar-refractivity contribution in [2.45, 2.75) is 6.10 Å². The van der Waals surface area contributed by atoms with Crippen LogP contribution in [0.4, 0.5) is 4.39 Å². The first-order chi connectivity index (χ1) is 9.06. The Labute approximate surface area is 120 Å². The normalized spacial score (nSPS) is 12.2. The maximum absolute atomic E-state index is 13.1. The van der Waals surface area contributed by atoms with Gasteiger partial charge in [0.2, 0.25) is 0 Å². The van der Waals surface area contributed by atoms with Crippen molar-refractivity contribution in [3.8, 4) is 5.75 Å². The average molecular weight is 301 g/mol. The predicted octanol–water partition coefficient (Wildman–Crippen LogP) is 4.24. The molecule has 2 nitrogen and oxygen atoms in total. The van der Waals surface area contributed by atoms with Crippen LogP contribution >= 0.6 is 23.2 Å². The molecule has 0 saturated heterocycles. The van der Waals surface area contributed by atoms with Gasteiger partial charge in [0.15, 0.2) is 0 Å². The van der Waals surface area contributed by atoms with Gasteiger partial charge in [0.25, 0.3) is 0 Å². The Bertz CT molecular complexity index is 575. The Morgan fingerprint density at radius 2 is 1.95 bits per heavy atom. The smallest absolute Gasteiger partial charge is 0.123 e. The summed E-state index contributed by atoms with van der Waals surface area (Å²) in [6.07, 6.45) is -1.01. The van der Waals surface area contributed by atoms with Crippen molar-refractivity contribution in [2.24, 2.45) is 0 Å². The van der Waals surface area contributed by atoms with E-state index in [0.29, 0.717) is 21.4 Å². The molecule has 1 unspecified atom stereocenters. The van der Waals surface area contributed by atoms with Crippen LogP contribution in [0.1, 0.15) is 11.7 Å². The molecule has 2 rings (SSSR count). The summed E-state index contributed by atoms with van der Waals surface area (Å²) in [4.78, 5) is 0. The number of halogens is 3. The van der Waals surface area contributed by atoms with Crippen molar-refractivity contribution < 1.29 is 14.2 Å². The Morgan fingerprint density at radius 3 is 2.68 bits per heavy atom. The first-order valence-electron chi connectivity index (χ1n) is 5.57. The molecule has 2 aromatic rings. The van der Waals surface area contributed by atoms with E-state index in [1.54, 1.807) is 24.3 Å². The molecule has 0 radical (unpaired) electrons. The van der Waals surface area contributed by atoms with E-state index in [0.717, 1.165) is 0 Å². The number of benzene rings is 2. The Morgan fingerprint density at radius 1 is 1.16 bits per heavy atom. The lowest BCUT2D eigenvalue weighted by atomic mass is 10.1. The summed E-state index contributed by atoms with van der Waals surface area (Å²) in [5.41, 5.74) is 0.295. The van der Waals surface area contributed by atoms with Crippen LogP contribution in [0.5, 0.6) is 5.75 Å². The van der Waals surface area contributed by atoms with Gasteiger partial charge < -0.3 is 9.84 Å². The number of aliphatic hydroxyl groups is 1. The van der Waals surface area contributed by atoms with Gasteiger partial charge in [-0.05, 0) is 36.4 Å². The summed E-state index contributed by atoms with van der Waals surface area (Å²) >= 11 is 11.7. The lowest BCUT2D eigenvalue weighted by Gasteiger charge is -2.14. The number of aliphatic hydroxyl groups excluding tert-OH is 1. The molecule has 0 aliphatic heterocycles. The van der Waals surface area contributed by atoms with E-state index < -0.39 is 11.9 Å². The van der Waals surface area contributed by atoms with Crippen LogP contribution in [0.25, 0.3) is 0 Å². The van der Waals surface area contributed by atoms with Gasteiger partial charge >= 0.3 is 0 Å². The van der Waals surface area contributed by atoms with Gasteiger partial charge in [0, 0.05) is 15.6 Å². The molecule has 19 heavy (non-hydrogen) atoms. The first-order valence-corrected chi connectivity index (χ1v) is 6.33. The molecule has 0 fully saturated rings. The zero-order valence-corrected chi connectivity index (χ0v) is 11.3. The number of hydrogen-bond acceptors (Lipinski definition) is 2. The molecule has 0 aliphatic rings. The fourth-order valence-electron chi connectivity index (χ4n) is 1.59. The highest BCUT2D eigenvalue weighted by molar-refractivity contribution is 6.31. The molecule has 0 saturated carbocycles. The van der Waals surface area contributed by atoms with Crippen LogP contribution in [0.2, 0.25) is 10.0 Å². The zero-order valence-electron chi connectivity index (χ0n) is 9.82. The largest absolute Gasteiger partial charge is 0.490 e. The number of rotatable bonds is 4. The van der Waals surface area contributed by atoms with Gasteiger partial charge in [-0.1, -0.05) is 29.3 Å². The van der Waals surface area contributed by atoms with Gasteiger partial charge in [-0.15, -0.1) is 0 Å². The molecule has 0 heterocycles. The van der Waals surface area contributed by atoms with E-state index in [9.17, 15) is 9.50 Å². The predicted molar refractivity (Wildman–Crippen MR) is 73.3 cm³/mol. The lowest BCUT2D eigenvalue weighted by Crippen LogP contribution is -2.10. The third kappa shape index (κ3) is 3.83. The number of hydrogen-bond donors (Lipinski definition) is 1. The van der Waals surface area contributed by atoms with Crippen molar-refractivity contribution >= 4 is 23.2 Å². The van der Waals surface area contributed by atoms with Crippen molar-refractivity contribution in [2.75, 3.05) is 6.61 Å². The van der Waals surface area contributed by atoms with E-state index in [1.165, 1.54) is 18.2 Å².